The molecule has 0 aliphatic heterocycles. The van der Waals surface area contributed by atoms with Gasteiger partial charge in [0.05, 0.1) is 16.1 Å². The van der Waals surface area contributed by atoms with Crippen LogP contribution in [0.4, 0.5) is 5.69 Å². The molecule has 3 aromatic carbocycles. The number of para-hydroxylation sites is 1. The van der Waals surface area contributed by atoms with Crippen LogP contribution in [-0.4, -0.2) is 31.0 Å². The van der Waals surface area contributed by atoms with E-state index in [9.17, 15) is 13.2 Å². The summed E-state index contributed by atoms with van der Waals surface area (Å²) in [6.45, 7) is 2.10. The van der Waals surface area contributed by atoms with Gasteiger partial charge in [-0.3, -0.25) is 4.31 Å². The van der Waals surface area contributed by atoms with E-state index in [0.717, 1.165) is 22.0 Å². The minimum absolute atomic E-state index is 0.195. The third kappa shape index (κ3) is 3.44. The van der Waals surface area contributed by atoms with Crippen molar-refractivity contribution in [1.29, 1.82) is 0 Å². The van der Waals surface area contributed by atoms with Crippen molar-refractivity contribution >= 4 is 32.6 Å². The molecule has 0 saturated carbocycles. The zero-order chi connectivity index (χ0) is 21.3. The highest BCUT2D eigenvalue weighted by atomic mass is 32.2. The molecular weight excluding hydrogens is 400 g/mol. The molecule has 0 saturated heterocycles. The molecule has 7 heteroatoms. The summed E-state index contributed by atoms with van der Waals surface area (Å²) in [6, 6.07) is 20.6. The Bertz CT molecular complexity index is 1310. The molecule has 4 rings (SSSR count). The second-order valence-electron chi connectivity index (χ2n) is 6.80. The highest BCUT2D eigenvalue weighted by Gasteiger charge is 2.25. The summed E-state index contributed by atoms with van der Waals surface area (Å²) in [5, 5.41) is 9.86. The first kappa shape index (κ1) is 19.7. The molecule has 0 aliphatic carbocycles. The number of nitrogens with one attached hydrogen (secondary N) is 1. The molecule has 0 aliphatic rings. The number of rotatable bonds is 6. The number of hydrogen-bond donors (Lipinski definition) is 2. The van der Waals surface area contributed by atoms with E-state index < -0.39 is 16.0 Å². The quantitative estimate of drug-likeness (QED) is 0.471. The molecule has 4 aromatic rings. The lowest BCUT2D eigenvalue weighted by atomic mass is 10.0. The number of aromatic nitrogens is 1. The van der Waals surface area contributed by atoms with Gasteiger partial charge in [-0.15, -0.1) is 0 Å². The maximum atomic E-state index is 13.3. The molecule has 0 radical (unpaired) electrons. The highest BCUT2D eigenvalue weighted by Crippen LogP contribution is 2.31. The number of sulfonamides is 1. The van der Waals surface area contributed by atoms with Gasteiger partial charge in [0.2, 0.25) is 0 Å². The van der Waals surface area contributed by atoms with Gasteiger partial charge < -0.3 is 10.1 Å². The molecule has 152 valence electrons. The lowest BCUT2D eigenvalue weighted by molar-refractivity contribution is 0.0697. The second kappa shape index (κ2) is 7.68. The lowest BCUT2D eigenvalue weighted by Gasteiger charge is -2.22. The van der Waals surface area contributed by atoms with Crippen molar-refractivity contribution in [1.82, 2.24) is 4.98 Å². The number of aromatic amines is 1. The zero-order valence-corrected chi connectivity index (χ0v) is 17.1. The number of carboxylic acid groups (broad SMARTS) is 1. The van der Waals surface area contributed by atoms with Crippen molar-refractivity contribution in [2.24, 2.45) is 0 Å². The van der Waals surface area contributed by atoms with Crippen molar-refractivity contribution in [3.8, 4) is 11.1 Å². The van der Waals surface area contributed by atoms with Crippen molar-refractivity contribution in [2.45, 2.75) is 11.8 Å². The van der Waals surface area contributed by atoms with Gasteiger partial charge >= 0.3 is 5.97 Å². The van der Waals surface area contributed by atoms with E-state index in [1.165, 1.54) is 16.4 Å². The molecule has 2 N–H and O–H groups in total. The minimum atomic E-state index is -3.75. The standard InChI is InChI=1S/C23H20N2O4S/c1-2-25(22-15-24-21-6-4-3-5-20(21)22)30(28,29)19-13-11-17(12-14-19)16-7-9-18(10-8-16)23(26)27/h3-15,24H,2H2,1H3,(H,26,27). The second-order valence-corrected chi connectivity index (χ2v) is 8.66. The predicted octanol–water partition coefficient (Wildman–Crippen LogP) is 4.75. The molecule has 6 nitrogen and oxygen atoms in total. The largest absolute Gasteiger partial charge is 0.478 e. The number of benzene rings is 3. The van der Waals surface area contributed by atoms with Gasteiger partial charge in [0.25, 0.3) is 10.0 Å². The Balaban J connectivity index is 1.67. The molecule has 0 unspecified atom stereocenters. The average molecular weight is 420 g/mol. The SMILES string of the molecule is CCN(c1c[nH]c2ccccc12)S(=O)(=O)c1ccc(-c2ccc(C(=O)O)cc2)cc1. The van der Waals surface area contributed by atoms with E-state index in [2.05, 4.69) is 4.98 Å². The monoisotopic (exact) mass is 420 g/mol. The van der Waals surface area contributed by atoms with Crippen LogP contribution in [0, 0.1) is 0 Å². The number of fused-ring (bicyclic) bond motifs is 1. The molecule has 1 heterocycles. The Hall–Kier alpha value is -3.58. The fraction of sp³-hybridized carbons (Fsp3) is 0.0870. The molecule has 30 heavy (non-hydrogen) atoms. The molecule has 1 aromatic heterocycles. The number of H-pyrrole nitrogens is 1. The summed E-state index contributed by atoms with van der Waals surface area (Å²) in [4.78, 5) is 14.3. The van der Waals surface area contributed by atoms with Gasteiger partial charge in [0.15, 0.2) is 0 Å². The third-order valence-corrected chi connectivity index (χ3v) is 6.93. The van der Waals surface area contributed by atoms with Gasteiger partial charge in [0.1, 0.15) is 0 Å². The van der Waals surface area contributed by atoms with E-state index in [4.69, 9.17) is 5.11 Å². The summed E-state index contributed by atoms with van der Waals surface area (Å²) < 4.78 is 28.0. The van der Waals surface area contributed by atoms with Gasteiger partial charge in [-0.25, -0.2) is 13.2 Å². The van der Waals surface area contributed by atoms with Crippen molar-refractivity contribution in [3.63, 3.8) is 0 Å². The molecule has 0 atom stereocenters. The maximum absolute atomic E-state index is 13.3. The maximum Gasteiger partial charge on any atom is 0.335 e. The van der Waals surface area contributed by atoms with E-state index in [-0.39, 0.29) is 10.5 Å². The fourth-order valence-electron chi connectivity index (χ4n) is 3.48. The van der Waals surface area contributed by atoms with E-state index in [0.29, 0.717) is 12.2 Å². The van der Waals surface area contributed by atoms with E-state index >= 15 is 0 Å². The van der Waals surface area contributed by atoms with Crippen LogP contribution in [0.2, 0.25) is 0 Å². The van der Waals surface area contributed by atoms with Crippen LogP contribution in [0.15, 0.2) is 83.9 Å². The summed E-state index contributed by atoms with van der Waals surface area (Å²) in [5.74, 6) is -0.986. The van der Waals surface area contributed by atoms with Gasteiger partial charge in [-0.1, -0.05) is 42.5 Å². The molecular formula is C23H20N2O4S. The Labute approximate surface area is 174 Å². The number of carbonyl (C=O) groups is 1. The van der Waals surface area contributed by atoms with Crippen molar-refractivity contribution < 1.29 is 18.3 Å². The smallest absolute Gasteiger partial charge is 0.335 e. The number of anilines is 1. The fourth-order valence-corrected chi connectivity index (χ4v) is 4.97. The lowest BCUT2D eigenvalue weighted by Crippen LogP contribution is -2.30. The molecule has 0 amide bonds. The Kier molecular flexibility index (Phi) is 5.05. The molecule has 0 fully saturated rings. The Morgan fingerprint density at radius 2 is 1.53 bits per heavy atom. The van der Waals surface area contributed by atoms with Gasteiger partial charge in [-0.05, 0) is 48.4 Å². The highest BCUT2D eigenvalue weighted by molar-refractivity contribution is 7.92. The zero-order valence-electron chi connectivity index (χ0n) is 16.2. The van der Waals surface area contributed by atoms with Crippen LogP contribution in [0.25, 0.3) is 22.0 Å². The summed E-state index contributed by atoms with van der Waals surface area (Å²) >= 11 is 0. The van der Waals surface area contributed by atoms with Crippen LogP contribution in [-0.2, 0) is 10.0 Å². The number of hydrogen-bond acceptors (Lipinski definition) is 3. The van der Waals surface area contributed by atoms with Crippen LogP contribution in [0.3, 0.4) is 0 Å². The van der Waals surface area contributed by atoms with Crippen LogP contribution in [0.1, 0.15) is 17.3 Å². The van der Waals surface area contributed by atoms with Crippen LogP contribution >= 0.6 is 0 Å². The Morgan fingerprint density at radius 3 is 2.13 bits per heavy atom. The first-order chi connectivity index (χ1) is 14.4. The molecule has 0 spiro atoms. The third-order valence-electron chi connectivity index (χ3n) is 5.03. The van der Waals surface area contributed by atoms with Crippen LogP contribution < -0.4 is 4.31 Å². The van der Waals surface area contributed by atoms with E-state index in [1.54, 1.807) is 49.5 Å². The number of carboxylic acids is 1. The molecule has 0 bridgehead atoms. The summed E-state index contributed by atoms with van der Waals surface area (Å²) in [6.07, 6.45) is 1.71. The van der Waals surface area contributed by atoms with Gasteiger partial charge in [0, 0.05) is 23.6 Å². The number of aromatic carboxylic acids is 1. The van der Waals surface area contributed by atoms with Crippen LogP contribution in [0.5, 0.6) is 0 Å². The van der Waals surface area contributed by atoms with Crippen molar-refractivity contribution in [3.05, 3.63) is 84.6 Å². The minimum Gasteiger partial charge on any atom is -0.478 e. The number of nitrogens with zero attached hydrogens (tertiary/aromatic N) is 1. The summed E-state index contributed by atoms with van der Waals surface area (Å²) in [5.41, 5.74) is 3.31. The topological polar surface area (TPSA) is 90.5 Å². The first-order valence-electron chi connectivity index (χ1n) is 9.44. The van der Waals surface area contributed by atoms with Gasteiger partial charge in [-0.2, -0.15) is 0 Å². The average Bonchev–Trinajstić information content (AvgIpc) is 3.18. The van der Waals surface area contributed by atoms with Crippen molar-refractivity contribution in [2.75, 3.05) is 10.8 Å². The Morgan fingerprint density at radius 1 is 0.933 bits per heavy atom. The summed E-state index contributed by atoms with van der Waals surface area (Å²) in [7, 11) is -3.75. The normalized spacial score (nSPS) is 11.5. The first-order valence-corrected chi connectivity index (χ1v) is 10.9. The van der Waals surface area contributed by atoms with E-state index in [1.807, 2.05) is 24.3 Å². The predicted molar refractivity (Wildman–Crippen MR) is 117 cm³/mol.